The van der Waals surface area contributed by atoms with Gasteiger partial charge in [-0.05, 0) is 37.0 Å². The van der Waals surface area contributed by atoms with Crippen molar-refractivity contribution in [2.45, 2.75) is 18.9 Å². The third-order valence-electron chi connectivity index (χ3n) is 3.86. The van der Waals surface area contributed by atoms with Gasteiger partial charge >= 0.3 is 0 Å². The molecule has 0 amide bonds. The summed E-state index contributed by atoms with van der Waals surface area (Å²) in [4.78, 5) is 8.07. The van der Waals surface area contributed by atoms with E-state index < -0.39 is 0 Å². The van der Waals surface area contributed by atoms with Crippen LogP contribution in [0.5, 0.6) is 0 Å². The molecular formula is C15H20N6S2. The first-order valence-corrected chi connectivity index (χ1v) is 9.39. The van der Waals surface area contributed by atoms with Gasteiger partial charge in [0.2, 0.25) is 0 Å². The van der Waals surface area contributed by atoms with Gasteiger partial charge in [-0.15, -0.1) is 0 Å². The molecule has 6 nitrogen and oxygen atoms in total. The molecule has 1 atom stereocenters. The smallest absolute Gasteiger partial charge is 0.132 e. The van der Waals surface area contributed by atoms with E-state index in [1.807, 2.05) is 28.9 Å². The molecule has 3 rings (SSSR count). The third-order valence-corrected chi connectivity index (χ3v) is 5.47. The lowest BCUT2D eigenvalue weighted by Crippen LogP contribution is -2.10. The molecule has 1 aliphatic rings. The fourth-order valence-electron chi connectivity index (χ4n) is 2.60. The van der Waals surface area contributed by atoms with Gasteiger partial charge < -0.3 is 9.88 Å². The summed E-state index contributed by atoms with van der Waals surface area (Å²) in [6.07, 6.45) is 10.5. The van der Waals surface area contributed by atoms with Crippen LogP contribution in [-0.4, -0.2) is 44.3 Å². The zero-order valence-electron chi connectivity index (χ0n) is 13.1. The fraction of sp³-hybridized carbons (Fsp3) is 0.400. The van der Waals surface area contributed by atoms with Crippen molar-refractivity contribution in [2.24, 2.45) is 4.99 Å². The van der Waals surface area contributed by atoms with Crippen LogP contribution < -0.4 is 5.32 Å². The molecule has 1 unspecified atom stereocenters. The molecule has 0 aliphatic carbocycles. The van der Waals surface area contributed by atoms with E-state index in [1.54, 1.807) is 12.4 Å². The number of anilines is 1. The van der Waals surface area contributed by atoms with E-state index in [0.717, 1.165) is 23.9 Å². The van der Waals surface area contributed by atoms with Crippen molar-refractivity contribution >= 4 is 41.4 Å². The molecule has 23 heavy (non-hydrogen) atoms. The van der Waals surface area contributed by atoms with E-state index in [1.165, 1.54) is 23.6 Å². The van der Waals surface area contributed by atoms with E-state index in [4.69, 9.17) is 0 Å². The molecular weight excluding hydrogens is 328 g/mol. The topological polar surface area (TPSA) is 58.3 Å². The largest absolute Gasteiger partial charge is 0.368 e. The van der Waals surface area contributed by atoms with Gasteiger partial charge in [-0.25, -0.2) is 4.98 Å². The molecule has 8 heteroatoms. The lowest BCUT2D eigenvalue weighted by atomic mass is 10.1. The van der Waals surface area contributed by atoms with Crippen molar-refractivity contribution in [3.63, 3.8) is 0 Å². The van der Waals surface area contributed by atoms with Gasteiger partial charge in [0.25, 0.3) is 0 Å². The minimum Gasteiger partial charge on any atom is -0.368 e. The molecule has 2 aromatic rings. The first kappa shape index (κ1) is 16.2. The Balaban J connectivity index is 1.59. The number of aliphatic imine (C=N–C) groups is 1. The van der Waals surface area contributed by atoms with Crippen LogP contribution in [0.4, 0.5) is 5.00 Å². The number of aromatic nitrogens is 3. The number of nitrogens with one attached hydrogen (secondary N) is 1. The monoisotopic (exact) mass is 348 g/mol. The summed E-state index contributed by atoms with van der Waals surface area (Å²) in [5.74, 6) is 1.48. The molecule has 0 aromatic carbocycles. The minimum atomic E-state index is 0.554. The SMILES string of the molecule is C=N/C=C\n1ccnc1CNc1cc(C2CCN(SC)C2)ns1. The average molecular weight is 349 g/mol. The van der Waals surface area contributed by atoms with E-state index in [2.05, 4.69) is 43.0 Å². The number of hydrogen-bond acceptors (Lipinski definition) is 7. The predicted octanol–water partition coefficient (Wildman–Crippen LogP) is 3.15. The highest BCUT2D eigenvalue weighted by Crippen LogP contribution is 2.32. The Bertz CT molecular complexity index is 677. The molecule has 122 valence electrons. The Labute approximate surface area is 144 Å². The van der Waals surface area contributed by atoms with Crippen LogP contribution in [0.25, 0.3) is 6.20 Å². The summed E-state index contributed by atoms with van der Waals surface area (Å²) in [5, 5.41) is 4.49. The second-order valence-corrected chi connectivity index (χ2v) is 6.94. The van der Waals surface area contributed by atoms with Gasteiger partial charge in [-0.3, -0.25) is 9.30 Å². The Morgan fingerprint density at radius 2 is 2.52 bits per heavy atom. The molecule has 1 saturated heterocycles. The molecule has 0 bridgehead atoms. The zero-order valence-corrected chi connectivity index (χ0v) is 14.7. The first-order valence-electron chi connectivity index (χ1n) is 7.44. The summed E-state index contributed by atoms with van der Waals surface area (Å²) < 4.78 is 8.94. The number of imidazole rings is 1. The highest BCUT2D eigenvalue weighted by atomic mass is 32.2. The lowest BCUT2D eigenvalue weighted by molar-refractivity contribution is 0.575. The van der Waals surface area contributed by atoms with Crippen molar-refractivity contribution < 1.29 is 0 Å². The second kappa shape index (κ2) is 7.76. The van der Waals surface area contributed by atoms with Crippen LogP contribution in [0.2, 0.25) is 0 Å². The third kappa shape index (κ3) is 4.01. The van der Waals surface area contributed by atoms with Crippen molar-refractivity contribution in [3.8, 4) is 0 Å². The first-order chi connectivity index (χ1) is 11.3. The van der Waals surface area contributed by atoms with Crippen molar-refractivity contribution in [2.75, 3.05) is 24.7 Å². The molecule has 2 aromatic heterocycles. The maximum atomic E-state index is 4.62. The lowest BCUT2D eigenvalue weighted by Gasteiger charge is -2.10. The van der Waals surface area contributed by atoms with Gasteiger partial charge in [-0.1, -0.05) is 11.9 Å². The predicted molar refractivity (Wildman–Crippen MR) is 99.0 cm³/mol. The van der Waals surface area contributed by atoms with Crippen molar-refractivity contribution in [1.82, 2.24) is 18.2 Å². The van der Waals surface area contributed by atoms with Crippen molar-refractivity contribution in [1.29, 1.82) is 0 Å². The maximum absolute atomic E-state index is 4.62. The standard InChI is InChI=1S/C15H20N6S2/c1-16-4-7-20-8-5-17-14(20)10-18-15-9-13(19-23-15)12-3-6-21(11-12)22-2/h4-5,7-9,12,18H,1,3,6,10-11H2,2H3/b7-4-. The molecule has 1 fully saturated rings. The number of rotatable bonds is 7. The van der Waals surface area contributed by atoms with Crippen LogP contribution in [0.1, 0.15) is 23.9 Å². The van der Waals surface area contributed by atoms with Crippen LogP contribution in [0.3, 0.4) is 0 Å². The molecule has 3 heterocycles. The van der Waals surface area contributed by atoms with Gasteiger partial charge in [0.05, 0.1) is 12.2 Å². The van der Waals surface area contributed by atoms with E-state index in [0.29, 0.717) is 12.5 Å². The molecule has 1 N–H and O–H groups in total. The Morgan fingerprint density at radius 3 is 3.30 bits per heavy atom. The van der Waals surface area contributed by atoms with E-state index in [9.17, 15) is 0 Å². The van der Waals surface area contributed by atoms with Gasteiger partial charge in [0.15, 0.2) is 0 Å². The summed E-state index contributed by atoms with van der Waals surface area (Å²) in [6, 6.07) is 2.17. The maximum Gasteiger partial charge on any atom is 0.132 e. The van der Waals surface area contributed by atoms with Gasteiger partial charge in [-0.2, -0.15) is 4.37 Å². The van der Waals surface area contributed by atoms with Crippen LogP contribution in [0, 0.1) is 0 Å². The van der Waals surface area contributed by atoms with E-state index >= 15 is 0 Å². The van der Waals surface area contributed by atoms with Gasteiger partial charge in [0.1, 0.15) is 10.8 Å². The van der Waals surface area contributed by atoms with Crippen LogP contribution >= 0.6 is 23.5 Å². The minimum absolute atomic E-state index is 0.554. The Kier molecular flexibility index (Phi) is 5.47. The second-order valence-electron chi connectivity index (χ2n) is 5.26. The zero-order chi connectivity index (χ0) is 16.1. The Morgan fingerprint density at radius 1 is 1.61 bits per heavy atom. The molecule has 1 aliphatic heterocycles. The highest BCUT2D eigenvalue weighted by Gasteiger charge is 2.25. The average Bonchev–Trinajstić information content (AvgIpc) is 3.29. The fourth-order valence-corrected chi connectivity index (χ4v) is 3.93. The molecule has 0 radical (unpaired) electrons. The normalized spacial score (nSPS) is 18.7. The quantitative estimate of drug-likeness (QED) is 0.615. The molecule has 0 saturated carbocycles. The van der Waals surface area contributed by atoms with Crippen molar-refractivity contribution in [3.05, 3.63) is 36.2 Å². The highest BCUT2D eigenvalue weighted by molar-refractivity contribution is 7.96. The summed E-state index contributed by atoms with van der Waals surface area (Å²) >= 11 is 3.34. The number of nitrogens with zero attached hydrogens (tertiary/aromatic N) is 5. The summed E-state index contributed by atoms with van der Waals surface area (Å²) in [6.45, 7) is 6.33. The summed E-state index contributed by atoms with van der Waals surface area (Å²) in [5.41, 5.74) is 1.20. The van der Waals surface area contributed by atoms with E-state index in [-0.39, 0.29) is 0 Å². The Hall–Kier alpha value is -1.64. The van der Waals surface area contributed by atoms with Crippen LogP contribution in [0.15, 0.2) is 29.7 Å². The summed E-state index contributed by atoms with van der Waals surface area (Å²) in [7, 11) is 0. The molecule has 0 spiro atoms. The van der Waals surface area contributed by atoms with Gasteiger partial charge in [0, 0.05) is 43.8 Å². The number of hydrogen-bond donors (Lipinski definition) is 1. The van der Waals surface area contributed by atoms with Crippen LogP contribution in [-0.2, 0) is 6.54 Å².